The van der Waals surface area contributed by atoms with E-state index in [4.69, 9.17) is 4.74 Å². The number of aromatic nitrogens is 1. The van der Waals surface area contributed by atoms with E-state index in [2.05, 4.69) is 22.2 Å². The summed E-state index contributed by atoms with van der Waals surface area (Å²) >= 11 is 1.85. The zero-order chi connectivity index (χ0) is 20.6. The molecule has 1 fully saturated rings. The van der Waals surface area contributed by atoms with Crippen LogP contribution in [0.1, 0.15) is 31.2 Å². The number of benzene rings is 1. The fraction of sp³-hybridized carbons (Fsp3) is 0.565. The molecule has 1 N–H and O–H groups in total. The maximum atomic E-state index is 11.9. The molecule has 1 aliphatic rings. The molecule has 0 spiro atoms. The Morgan fingerprint density at radius 2 is 2.21 bits per heavy atom. The maximum absolute atomic E-state index is 11.9. The average Bonchev–Trinajstić information content (AvgIpc) is 2.74. The van der Waals surface area contributed by atoms with Crippen LogP contribution < -0.4 is 4.74 Å². The standard InChI is InChI=1S/C23H32N2O3S/c1-28-19-7-8-22-20(15-19)17(9-11-24-22)5-3-6-18-10-13-25(12-4-14-29-2)16-21(18)23(26)27/h7-9,11,15,18,21H,3-6,10,12-14,16H2,1-2H3,(H,26,27)/t18-,21+/m1/s1. The van der Waals surface area contributed by atoms with Gasteiger partial charge < -0.3 is 14.7 Å². The molecule has 1 aromatic heterocycles. The van der Waals surface area contributed by atoms with Crippen LogP contribution in [0, 0.1) is 11.8 Å². The first-order chi connectivity index (χ1) is 14.1. The van der Waals surface area contributed by atoms with E-state index < -0.39 is 5.97 Å². The Hall–Kier alpha value is -1.79. The Kier molecular flexibility index (Phi) is 8.19. The fourth-order valence-electron chi connectivity index (χ4n) is 4.41. The highest BCUT2D eigenvalue weighted by Crippen LogP contribution is 2.30. The molecule has 29 heavy (non-hydrogen) atoms. The van der Waals surface area contributed by atoms with Gasteiger partial charge in [-0.3, -0.25) is 9.78 Å². The van der Waals surface area contributed by atoms with Gasteiger partial charge >= 0.3 is 5.97 Å². The number of nitrogens with zero attached hydrogens (tertiary/aromatic N) is 2. The number of aliphatic carboxylic acids is 1. The minimum absolute atomic E-state index is 0.243. The first-order valence-electron chi connectivity index (χ1n) is 10.5. The van der Waals surface area contributed by atoms with Crippen molar-refractivity contribution in [1.82, 2.24) is 9.88 Å². The van der Waals surface area contributed by atoms with Crippen molar-refractivity contribution >= 4 is 28.6 Å². The molecular weight excluding hydrogens is 384 g/mol. The molecule has 1 aliphatic heterocycles. The normalized spacial score (nSPS) is 20.1. The lowest BCUT2D eigenvalue weighted by Gasteiger charge is -2.36. The molecule has 0 unspecified atom stereocenters. The van der Waals surface area contributed by atoms with Gasteiger partial charge in [0.25, 0.3) is 0 Å². The van der Waals surface area contributed by atoms with E-state index in [0.29, 0.717) is 6.54 Å². The summed E-state index contributed by atoms with van der Waals surface area (Å²) in [4.78, 5) is 18.7. The second-order valence-corrected chi connectivity index (χ2v) is 8.87. The molecule has 0 aliphatic carbocycles. The number of ether oxygens (including phenoxy) is 1. The molecule has 2 atom stereocenters. The van der Waals surface area contributed by atoms with E-state index in [1.807, 2.05) is 36.2 Å². The summed E-state index contributed by atoms with van der Waals surface area (Å²) in [5.41, 5.74) is 2.24. The Balaban J connectivity index is 1.58. The van der Waals surface area contributed by atoms with Crippen LogP contribution in [0.3, 0.4) is 0 Å². The van der Waals surface area contributed by atoms with Crippen LogP contribution in [-0.2, 0) is 11.2 Å². The number of thioether (sulfide) groups is 1. The number of hydrogen-bond acceptors (Lipinski definition) is 5. The van der Waals surface area contributed by atoms with Crippen LogP contribution in [0.15, 0.2) is 30.5 Å². The summed E-state index contributed by atoms with van der Waals surface area (Å²) in [5.74, 6) is 1.37. The van der Waals surface area contributed by atoms with E-state index in [1.54, 1.807) is 7.11 Å². The summed E-state index contributed by atoms with van der Waals surface area (Å²) < 4.78 is 5.36. The Bertz CT molecular complexity index is 814. The van der Waals surface area contributed by atoms with Crippen LogP contribution in [0.5, 0.6) is 5.75 Å². The number of methoxy groups -OCH3 is 1. The van der Waals surface area contributed by atoms with Crippen LogP contribution in [0.25, 0.3) is 10.9 Å². The van der Waals surface area contributed by atoms with E-state index >= 15 is 0 Å². The lowest BCUT2D eigenvalue weighted by Crippen LogP contribution is -2.44. The number of pyridine rings is 1. The van der Waals surface area contributed by atoms with Crippen molar-refractivity contribution in [3.8, 4) is 5.75 Å². The second-order valence-electron chi connectivity index (χ2n) is 7.89. The lowest BCUT2D eigenvalue weighted by atomic mass is 9.81. The van der Waals surface area contributed by atoms with Gasteiger partial charge in [-0.15, -0.1) is 0 Å². The van der Waals surface area contributed by atoms with Gasteiger partial charge in [0, 0.05) is 18.1 Å². The fourth-order valence-corrected chi connectivity index (χ4v) is 4.83. The monoisotopic (exact) mass is 416 g/mol. The molecule has 1 aromatic carbocycles. The van der Waals surface area contributed by atoms with Crippen molar-refractivity contribution in [2.45, 2.75) is 32.1 Å². The first-order valence-corrected chi connectivity index (χ1v) is 11.9. The van der Waals surface area contributed by atoms with Crippen LogP contribution in [0.4, 0.5) is 0 Å². The third-order valence-electron chi connectivity index (χ3n) is 6.04. The molecule has 5 nitrogen and oxygen atoms in total. The van der Waals surface area contributed by atoms with Crippen molar-refractivity contribution < 1.29 is 14.6 Å². The number of aryl methyl sites for hydroxylation is 1. The SMILES string of the molecule is COc1ccc2nccc(CCC[C@@H]3CCN(CCCSC)C[C@@H]3C(=O)O)c2c1. The molecule has 1 saturated heterocycles. The summed E-state index contributed by atoms with van der Waals surface area (Å²) in [6.07, 6.45) is 9.00. The van der Waals surface area contributed by atoms with Crippen molar-refractivity contribution in [3.05, 3.63) is 36.0 Å². The Morgan fingerprint density at radius 1 is 1.34 bits per heavy atom. The quantitative estimate of drug-likeness (QED) is 0.581. The van der Waals surface area contributed by atoms with E-state index in [0.717, 1.165) is 67.6 Å². The average molecular weight is 417 g/mol. The molecule has 158 valence electrons. The number of fused-ring (bicyclic) bond motifs is 1. The molecule has 2 aromatic rings. The third kappa shape index (κ3) is 5.86. The molecule has 0 amide bonds. The first kappa shape index (κ1) is 21.9. The minimum atomic E-state index is -0.635. The summed E-state index contributed by atoms with van der Waals surface area (Å²) in [6, 6.07) is 8.05. The van der Waals surface area contributed by atoms with Gasteiger partial charge in [-0.2, -0.15) is 11.8 Å². The molecular formula is C23H32N2O3S. The molecule has 0 radical (unpaired) electrons. The highest BCUT2D eigenvalue weighted by Gasteiger charge is 2.33. The van der Waals surface area contributed by atoms with E-state index in [9.17, 15) is 9.90 Å². The van der Waals surface area contributed by atoms with Gasteiger partial charge in [0.15, 0.2) is 0 Å². The number of likely N-dealkylation sites (tertiary alicyclic amines) is 1. The van der Waals surface area contributed by atoms with Crippen LogP contribution in [-0.4, -0.2) is 59.7 Å². The smallest absolute Gasteiger partial charge is 0.308 e. The lowest BCUT2D eigenvalue weighted by molar-refractivity contribution is -0.146. The Labute approximate surface area is 177 Å². The molecule has 0 bridgehead atoms. The van der Waals surface area contributed by atoms with E-state index in [1.165, 1.54) is 5.56 Å². The van der Waals surface area contributed by atoms with Crippen molar-refractivity contribution in [2.75, 3.05) is 38.8 Å². The van der Waals surface area contributed by atoms with Gasteiger partial charge in [0.1, 0.15) is 5.75 Å². The number of carboxylic acid groups (broad SMARTS) is 1. The minimum Gasteiger partial charge on any atom is -0.497 e. The van der Waals surface area contributed by atoms with Gasteiger partial charge in [-0.05, 0) is 92.9 Å². The van der Waals surface area contributed by atoms with Crippen LogP contribution >= 0.6 is 11.8 Å². The predicted octanol–water partition coefficient (Wildman–Crippen LogP) is 4.34. The summed E-state index contributed by atoms with van der Waals surface area (Å²) in [7, 11) is 1.68. The number of carboxylic acids is 1. The highest BCUT2D eigenvalue weighted by molar-refractivity contribution is 7.98. The number of carbonyl (C=O) groups is 1. The molecule has 3 rings (SSSR count). The van der Waals surface area contributed by atoms with Crippen molar-refractivity contribution in [3.63, 3.8) is 0 Å². The maximum Gasteiger partial charge on any atom is 0.308 e. The summed E-state index contributed by atoms with van der Waals surface area (Å²) in [5, 5.41) is 10.9. The number of rotatable bonds is 10. The number of piperidine rings is 1. The highest BCUT2D eigenvalue weighted by atomic mass is 32.2. The van der Waals surface area contributed by atoms with Crippen molar-refractivity contribution in [1.29, 1.82) is 0 Å². The summed E-state index contributed by atoms with van der Waals surface area (Å²) in [6.45, 7) is 2.74. The van der Waals surface area contributed by atoms with Gasteiger partial charge in [-0.1, -0.05) is 0 Å². The van der Waals surface area contributed by atoms with Gasteiger partial charge in [-0.25, -0.2) is 0 Å². The van der Waals surface area contributed by atoms with Gasteiger partial charge in [0.2, 0.25) is 0 Å². The van der Waals surface area contributed by atoms with Crippen LogP contribution in [0.2, 0.25) is 0 Å². The topological polar surface area (TPSA) is 62.7 Å². The Morgan fingerprint density at radius 3 is 2.97 bits per heavy atom. The third-order valence-corrected chi connectivity index (χ3v) is 6.74. The van der Waals surface area contributed by atoms with E-state index in [-0.39, 0.29) is 11.8 Å². The van der Waals surface area contributed by atoms with Gasteiger partial charge in [0.05, 0.1) is 18.5 Å². The zero-order valence-electron chi connectivity index (χ0n) is 17.5. The number of hydrogen-bond donors (Lipinski definition) is 1. The zero-order valence-corrected chi connectivity index (χ0v) is 18.3. The second kappa shape index (κ2) is 10.8. The molecule has 6 heteroatoms. The molecule has 0 saturated carbocycles. The molecule has 2 heterocycles. The largest absolute Gasteiger partial charge is 0.497 e. The predicted molar refractivity (Wildman–Crippen MR) is 120 cm³/mol. The van der Waals surface area contributed by atoms with Crippen molar-refractivity contribution in [2.24, 2.45) is 11.8 Å².